The number of aromatic nitrogens is 2. The standard InChI is InChI=1S/C23H26N4O2/c1-23(2,3)17-10-6-7-11-18(17)26-22-24-14-13-19(27-22)21(28)25-15-16-9-5-8-12-20(16)29-4/h5-14H,15H2,1-4H3,(H,25,28)(H,24,26,27). The molecule has 3 aromatic rings. The lowest BCUT2D eigenvalue weighted by atomic mass is 9.86. The molecule has 0 aliphatic carbocycles. The number of methoxy groups -OCH3 is 1. The highest BCUT2D eigenvalue weighted by Gasteiger charge is 2.18. The van der Waals surface area contributed by atoms with Crippen LogP contribution in [-0.4, -0.2) is 23.0 Å². The smallest absolute Gasteiger partial charge is 0.270 e. The Morgan fingerprint density at radius 1 is 1.03 bits per heavy atom. The van der Waals surface area contributed by atoms with Crippen molar-refractivity contribution >= 4 is 17.5 Å². The second kappa shape index (κ2) is 8.73. The van der Waals surface area contributed by atoms with E-state index in [1.807, 2.05) is 42.5 Å². The molecule has 0 bridgehead atoms. The van der Waals surface area contributed by atoms with Gasteiger partial charge >= 0.3 is 0 Å². The van der Waals surface area contributed by atoms with Gasteiger partial charge in [0.05, 0.1) is 7.11 Å². The maximum Gasteiger partial charge on any atom is 0.270 e. The third-order valence-corrected chi connectivity index (χ3v) is 4.50. The first-order valence-electron chi connectivity index (χ1n) is 9.48. The van der Waals surface area contributed by atoms with Crippen molar-refractivity contribution in [3.63, 3.8) is 0 Å². The molecule has 0 aliphatic rings. The van der Waals surface area contributed by atoms with Gasteiger partial charge in [0, 0.05) is 24.0 Å². The van der Waals surface area contributed by atoms with E-state index >= 15 is 0 Å². The summed E-state index contributed by atoms with van der Waals surface area (Å²) in [7, 11) is 1.61. The number of hydrogen-bond acceptors (Lipinski definition) is 5. The van der Waals surface area contributed by atoms with E-state index in [0.717, 1.165) is 22.6 Å². The summed E-state index contributed by atoms with van der Waals surface area (Å²) >= 11 is 0. The molecule has 0 fully saturated rings. The van der Waals surface area contributed by atoms with Crippen molar-refractivity contribution in [3.8, 4) is 5.75 Å². The number of benzene rings is 2. The van der Waals surface area contributed by atoms with Gasteiger partial charge in [-0.15, -0.1) is 0 Å². The van der Waals surface area contributed by atoms with Crippen molar-refractivity contribution in [2.75, 3.05) is 12.4 Å². The monoisotopic (exact) mass is 390 g/mol. The van der Waals surface area contributed by atoms with Crippen LogP contribution in [0, 0.1) is 0 Å². The molecule has 0 unspecified atom stereocenters. The van der Waals surface area contributed by atoms with Gasteiger partial charge in [0.2, 0.25) is 5.95 Å². The quantitative estimate of drug-likeness (QED) is 0.650. The number of ether oxygens (including phenoxy) is 1. The van der Waals surface area contributed by atoms with Crippen LogP contribution in [0.15, 0.2) is 60.8 Å². The minimum Gasteiger partial charge on any atom is -0.496 e. The van der Waals surface area contributed by atoms with Gasteiger partial charge in [-0.1, -0.05) is 57.2 Å². The molecule has 0 spiro atoms. The Balaban J connectivity index is 1.74. The van der Waals surface area contributed by atoms with Crippen LogP contribution in [0.1, 0.15) is 42.4 Å². The van der Waals surface area contributed by atoms with E-state index in [2.05, 4.69) is 47.4 Å². The van der Waals surface area contributed by atoms with Crippen molar-refractivity contribution in [2.45, 2.75) is 32.7 Å². The minimum absolute atomic E-state index is 0.0344. The Labute approximate surface area is 171 Å². The van der Waals surface area contributed by atoms with Gasteiger partial charge in [0.25, 0.3) is 5.91 Å². The predicted octanol–water partition coefficient (Wildman–Crippen LogP) is 4.46. The number of carbonyl (C=O) groups is 1. The number of nitrogens with one attached hydrogen (secondary N) is 2. The summed E-state index contributed by atoms with van der Waals surface area (Å²) < 4.78 is 5.32. The lowest BCUT2D eigenvalue weighted by molar-refractivity contribution is 0.0945. The van der Waals surface area contributed by atoms with Gasteiger partial charge < -0.3 is 15.4 Å². The zero-order valence-electron chi connectivity index (χ0n) is 17.2. The van der Waals surface area contributed by atoms with Crippen molar-refractivity contribution in [3.05, 3.63) is 77.6 Å². The molecule has 3 rings (SSSR count). The first-order chi connectivity index (χ1) is 13.9. The highest BCUT2D eigenvalue weighted by Crippen LogP contribution is 2.30. The third-order valence-electron chi connectivity index (χ3n) is 4.50. The second-order valence-electron chi connectivity index (χ2n) is 7.68. The Kier molecular flexibility index (Phi) is 6.12. The van der Waals surface area contributed by atoms with Crippen LogP contribution < -0.4 is 15.4 Å². The SMILES string of the molecule is COc1ccccc1CNC(=O)c1ccnc(Nc2ccccc2C(C)(C)C)n1. The Bertz CT molecular complexity index is 996. The van der Waals surface area contributed by atoms with Gasteiger partial charge in [0.15, 0.2) is 0 Å². The van der Waals surface area contributed by atoms with Gasteiger partial charge in [-0.25, -0.2) is 9.97 Å². The average molecular weight is 390 g/mol. The Morgan fingerprint density at radius 3 is 2.52 bits per heavy atom. The van der Waals surface area contributed by atoms with Crippen LogP contribution in [0.25, 0.3) is 0 Å². The van der Waals surface area contributed by atoms with E-state index in [0.29, 0.717) is 18.2 Å². The molecular weight excluding hydrogens is 364 g/mol. The predicted molar refractivity (Wildman–Crippen MR) is 115 cm³/mol. The summed E-state index contributed by atoms with van der Waals surface area (Å²) in [5.41, 5.74) is 3.23. The van der Waals surface area contributed by atoms with Crippen LogP contribution in [0.5, 0.6) is 5.75 Å². The maximum absolute atomic E-state index is 12.6. The largest absolute Gasteiger partial charge is 0.496 e. The molecule has 1 amide bonds. The zero-order chi connectivity index (χ0) is 20.9. The summed E-state index contributed by atoms with van der Waals surface area (Å²) in [6.07, 6.45) is 1.58. The average Bonchev–Trinajstić information content (AvgIpc) is 2.72. The van der Waals surface area contributed by atoms with Crippen molar-refractivity contribution in [1.82, 2.24) is 15.3 Å². The maximum atomic E-state index is 12.6. The first kappa shape index (κ1) is 20.3. The van der Waals surface area contributed by atoms with Crippen molar-refractivity contribution in [1.29, 1.82) is 0 Å². The Morgan fingerprint density at radius 2 is 1.76 bits per heavy atom. The molecule has 6 nitrogen and oxygen atoms in total. The fourth-order valence-corrected chi connectivity index (χ4v) is 3.03. The summed E-state index contributed by atoms with van der Waals surface area (Å²) in [6.45, 7) is 6.80. The van der Waals surface area contributed by atoms with E-state index in [-0.39, 0.29) is 11.3 Å². The first-order valence-corrected chi connectivity index (χ1v) is 9.48. The fraction of sp³-hybridized carbons (Fsp3) is 0.261. The molecule has 0 saturated carbocycles. The molecule has 2 aromatic carbocycles. The van der Waals surface area contributed by atoms with Gasteiger partial charge in [-0.05, 0) is 29.2 Å². The van der Waals surface area contributed by atoms with E-state index in [4.69, 9.17) is 4.74 Å². The summed E-state index contributed by atoms with van der Waals surface area (Å²) in [4.78, 5) is 21.2. The van der Waals surface area contributed by atoms with Crippen molar-refractivity contribution in [2.24, 2.45) is 0 Å². The normalized spacial score (nSPS) is 11.0. The molecule has 1 heterocycles. The summed E-state index contributed by atoms with van der Waals surface area (Å²) in [6, 6.07) is 17.2. The van der Waals surface area contributed by atoms with Crippen LogP contribution in [-0.2, 0) is 12.0 Å². The Hall–Kier alpha value is -3.41. The van der Waals surface area contributed by atoms with E-state index < -0.39 is 0 Å². The molecule has 0 radical (unpaired) electrons. The number of nitrogens with zero attached hydrogens (tertiary/aromatic N) is 2. The number of rotatable bonds is 6. The molecular formula is C23H26N4O2. The fourth-order valence-electron chi connectivity index (χ4n) is 3.03. The third kappa shape index (κ3) is 5.10. The van der Waals surface area contributed by atoms with E-state index in [9.17, 15) is 4.79 Å². The molecule has 1 aromatic heterocycles. The lowest BCUT2D eigenvalue weighted by Gasteiger charge is -2.23. The van der Waals surface area contributed by atoms with Crippen LogP contribution >= 0.6 is 0 Å². The molecule has 0 atom stereocenters. The number of amides is 1. The summed E-state index contributed by atoms with van der Waals surface area (Å²) in [5.74, 6) is 0.841. The number of carbonyl (C=O) groups excluding carboxylic acids is 1. The molecule has 0 saturated heterocycles. The minimum atomic E-state index is -0.273. The molecule has 29 heavy (non-hydrogen) atoms. The van der Waals surface area contributed by atoms with Crippen molar-refractivity contribution < 1.29 is 9.53 Å². The van der Waals surface area contributed by atoms with Gasteiger partial charge in [0.1, 0.15) is 11.4 Å². The lowest BCUT2D eigenvalue weighted by Crippen LogP contribution is -2.24. The number of hydrogen-bond donors (Lipinski definition) is 2. The molecule has 150 valence electrons. The molecule has 0 aliphatic heterocycles. The van der Waals surface area contributed by atoms with Gasteiger partial charge in [-0.2, -0.15) is 0 Å². The number of para-hydroxylation sites is 2. The van der Waals surface area contributed by atoms with Crippen LogP contribution in [0.3, 0.4) is 0 Å². The van der Waals surface area contributed by atoms with E-state index in [1.165, 1.54) is 0 Å². The highest BCUT2D eigenvalue weighted by molar-refractivity contribution is 5.92. The molecule has 6 heteroatoms. The van der Waals surface area contributed by atoms with Gasteiger partial charge in [-0.3, -0.25) is 4.79 Å². The highest BCUT2D eigenvalue weighted by atomic mass is 16.5. The number of anilines is 2. The van der Waals surface area contributed by atoms with Crippen LogP contribution in [0.4, 0.5) is 11.6 Å². The van der Waals surface area contributed by atoms with E-state index in [1.54, 1.807) is 19.4 Å². The topological polar surface area (TPSA) is 76.1 Å². The molecule has 2 N–H and O–H groups in total. The van der Waals surface area contributed by atoms with Crippen LogP contribution in [0.2, 0.25) is 0 Å². The zero-order valence-corrected chi connectivity index (χ0v) is 17.2. The summed E-state index contributed by atoms with van der Waals surface area (Å²) in [5, 5.41) is 6.12. The second-order valence-corrected chi connectivity index (χ2v) is 7.68.